The Balaban J connectivity index is 1.66. The Morgan fingerprint density at radius 3 is 2.75 bits per heavy atom. The standard InChI is InChI=1S/C19H17NO2S2/c21-14-6-10-3-4-13-19(11(10)7-15(14)22)12-8-17(16-2-1-5-23-16)24-18(12)9-20-13/h1-2,5-8,13,19-22H,3-4,9H2. The molecule has 2 aromatic heterocycles. The van der Waals surface area contributed by atoms with E-state index >= 15 is 0 Å². The first-order valence-corrected chi connectivity index (χ1v) is 9.85. The molecule has 0 spiro atoms. The Morgan fingerprint density at radius 2 is 1.92 bits per heavy atom. The Labute approximate surface area is 148 Å². The van der Waals surface area contributed by atoms with Gasteiger partial charge in [0.15, 0.2) is 11.5 Å². The summed E-state index contributed by atoms with van der Waals surface area (Å²) in [5, 5.41) is 25.6. The second kappa shape index (κ2) is 5.34. The summed E-state index contributed by atoms with van der Waals surface area (Å²) in [6.45, 7) is 0.923. The summed E-state index contributed by atoms with van der Waals surface area (Å²) in [6.07, 6.45) is 2.00. The third-order valence-electron chi connectivity index (χ3n) is 5.16. The van der Waals surface area contributed by atoms with Crippen LogP contribution in [-0.4, -0.2) is 16.3 Å². The number of phenolic OH excluding ortho intramolecular Hbond substituents is 2. The predicted molar refractivity (Wildman–Crippen MR) is 98.2 cm³/mol. The average Bonchev–Trinajstić information content (AvgIpc) is 3.24. The van der Waals surface area contributed by atoms with Crippen LogP contribution in [0.15, 0.2) is 35.7 Å². The summed E-state index contributed by atoms with van der Waals surface area (Å²) in [7, 11) is 0. The van der Waals surface area contributed by atoms with E-state index in [-0.39, 0.29) is 17.4 Å². The van der Waals surface area contributed by atoms with E-state index < -0.39 is 0 Å². The molecule has 2 aliphatic rings. The number of hydrogen-bond acceptors (Lipinski definition) is 5. The summed E-state index contributed by atoms with van der Waals surface area (Å²) in [5.74, 6) is 0.227. The molecule has 0 amide bonds. The first kappa shape index (κ1) is 14.5. The molecule has 1 aliphatic heterocycles. The van der Waals surface area contributed by atoms with Gasteiger partial charge >= 0.3 is 0 Å². The zero-order valence-electron chi connectivity index (χ0n) is 13.0. The molecule has 2 unspecified atom stereocenters. The van der Waals surface area contributed by atoms with Gasteiger partial charge in [0.1, 0.15) is 0 Å². The molecule has 0 fully saturated rings. The predicted octanol–water partition coefficient (Wildman–Crippen LogP) is 4.44. The van der Waals surface area contributed by atoms with Crippen LogP contribution < -0.4 is 5.32 Å². The van der Waals surface area contributed by atoms with E-state index in [1.165, 1.54) is 20.2 Å². The number of phenols is 2. The highest BCUT2D eigenvalue weighted by Gasteiger charge is 2.36. The lowest BCUT2D eigenvalue weighted by molar-refractivity contribution is 0.382. The van der Waals surface area contributed by atoms with Gasteiger partial charge < -0.3 is 15.5 Å². The van der Waals surface area contributed by atoms with Crippen molar-refractivity contribution in [2.24, 2.45) is 0 Å². The fraction of sp³-hybridized carbons (Fsp3) is 0.263. The zero-order valence-corrected chi connectivity index (χ0v) is 14.6. The van der Waals surface area contributed by atoms with Crippen molar-refractivity contribution in [2.45, 2.75) is 31.3 Å². The quantitative estimate of drug-likeness (QED) is 0.566. The zero-order chi connectivity index (χ0) is 16.3. The van der Waals surface area contributed by atoms with E-state index in [0.29, 0.717) is 6.04 Å². The van der Waals surface area contributed by atoms with E-state index in [1.807, 2.05) is 11.3 Å². The molecule has 5 rings (SSSR count). The van der Waals surface area contributed by atoms with Crippen LogP contribution in [0.1, 0.15) is 33.9 Å². The summed E-state index contributed by atoms with van der Waals surface area (Å²) in [5.41, 5.74) is 3.70. The maximum absolute atomic E-state index is 10.0. The molecule has 24 heavy (non-hydrogen) atoms. The van der Waals surface area contributed by atoms with E-state index in [0.717, 1.165) is 30.5 Å². The smallest absolute Gasteiger partial charge is 0.157 e. The molecule has 3 heterocycles. The van der Waals surface area contributed by atoms with Crippen LogP contribution in [0.25, 0.3) is 9.75 Å². The molecular formula is C19H17NO2S2. The molecule has 2 atom stereocenters. The highest BCUT2D eigenvalue weighted by atomic mass is 32.1. The molecule has 3 nitrogen and oxygen atoms in total. The van der Waals surface area contributed by atoms with Crippen molar-refractivity contribution in [3.05, 3.63) is 57.3 Å². The Kier molecular flexibility index (Phi) is 3.23. The van der Waals surface area contributed by atoms with E-state index in [2.05, 4.69) is 28.9 Å². The molecule has 0 saturated heterocycles. The lowest BCUT2D eigenvalue weighted by atomic mass is 9.74. The SMILES string of the molecule is Oc1cc2c(cc1O)C1c3cc(-c4cccs4)sc3CNC1CC2. The first-order valence-electron chi connectivity index (χ1n) is 8.15. The number of rotatable bonds is 1. The topological polar surface area (TPSA) is 52.5 Å². The van der Waals surface area contributed by atoms with Crippen LogP contribution in [-0.2, 0) is 13.0 Å². The van der Waals surface area contributed by atoms with Crippen molar-refractivity contribution in [1.29, 1.82) is 0 Å². The largest absolute Gasteiger partial charge is 0.504 e. The van der Waals surface area contributed by atoms with Crippen molar-refractivity contribution in [1.82, 2.24) is 5.32 Å². The van der Waals surface area contributed by atoms with Gasteiger partial charge in [-0.2, -0.15) is 0 Å². The normalized spacial score (nSPS) is 21.8. The van der Waals surface area contributed by atoms with E-state index in [1.54, 1.807) is 23.5 Å². The van der Waals surface area contributed by atoms with Crippen LogP contribution >= 0.6 is 22.7 Å². The van der Waals surface area contributed by atoms with Crippen molar-refractivity contribution < 1.29 is 10.2 Å². The molecule has 0 radical (unpaired) electrons. The van der Waals surface area contributed by atoms with Gasteiger partial charge in [-0.15, -0.1) is 22.7 Å². The average molecular weight is 355 g/mol. The van der Waals surface area contributed by atoms with Gasteiger partial charge in [-0.25, -0.2) is 0 Å². The number of benzene rings is 1. The molecule has 0 bridgehead atoms. The summed E-state index contributed by atoms with van der Waals surface area (Å²) < 4.78 is 0. The Bertz CT molecular complexity index is 914. The van der Waals surface area contributed by atoms with Crippen molar-refractivity contribution in [3.8, 4) is 21.3 Å². The minimum Gasteiger partial charge on any atom is -0.504 e. The third kappa shape index (κ3) is 2.12. The molecule has 1 aromatic carbocycles. The molecule has 1 aliphatic carbocycles. The molecule has 3 aromatic rings. The van der Waals surface area contributed by atoms with Crippen LogP contribution in [0, 0.1) is 0 Å². The van der Waals surface area contributed by atoms with Crippen molar-refractivity contribution in [2.75, 3.05) is 0 Å². The fourth-order valence-corrected chi connectivity index (χ4v) is 6.03. The molecule has 122 valence electrons. The van der Waals surface area contributed by atoms with Gasteiger partial charge in [-0.1, -0.05) is 6.07 Å². The number of nitrogens with one attached hydrogen (secondary N) is 1. The Hall–Kier alpha value is -1.82. The molecule has 0 saturated carbocycles. The highest BCUT2D eigenvalue weighted by Crippen LogP contribution is 2.47. The maximum atomic E-state index is 10.0. The van der Waals surface area contributed by atoms with E-state index in [9.17, 15) is 10.2 Å². The van der Waals surface area contributed by atoms with Crippen LogP contribution in [0.5, 0.6) is 11.5 Å². The van der Waals surface area contributed by atoms with Crippen molar-refractivity contribution >= 4 is 22.7 Å². The van der Waals surface area contributed by atoms with Crippen LogP contribution in [0.3, 0.4) is 0 Å². The van der Waals surface area contributed by atoms with Gasteiger partial charge in [-0.05, 0) is 59.2 Å². The fourth-order valence-electron chi connectivity index (χ4n) is 4.05. The van der Waals surface area contributed by atoms with Gasteiger partial charge in [0, 0.05) is 33.1 Å². The lowest BCUT2D eigenvalue weighted by Gasteiger charge is -2.38. The van der Waals surface area contributed by atoms with E-state index in [4.69, 9.17) is 0 Å². The lowest BCUT2D eigenvalue weighted by Crippen LogP contribution is -2.41. The first-order chi connectivity index (χ1) is 11.7. The van der Waals surface area contributed by atoms with Crippen LogP contribution in [0.4, 0.5) is 0 Å². The highest BCUT2D eigenvalue weighted by molar-refractivity contribution is 7.21. The molecular weight excluding hydrogens is 338 g/mol. The third-order valence-corrected chi connectivity index (χ3v) is 7.38. The van der Waals surface area contributed by atoms with Crippen LogP contribution in [0.2, 0.25) is 0 Å². The van der Waals surface area contributed by atoms with Gasteiger partial charge in [0.05, 0.1) is 0 Å². The molecule has 3 N–H and O–H groups in total. The van der Waals surface area contributed by atoms with Gasteiger partial charge in [0.2, 0.25) is 0 Å². The number of aromatic hydroxyl groups is 2. The minimum atomic E-state index is -0.0183. The number of fused-ring (bicyclic) bond motifs is 5. The number of aryl methyl sites for hydroxylation is 1. The second-order valence-corrected chi connectivity index (χ2v) is 8.59. The summed E-state index contributed by atoms with van der Waals surface area (Å²) in [6, 6.07) is 10.5. The van der Waals surface area contributed by atoms with Crippen molar-refractivity contribution in [3.63, 3.8) is 0 Å². The summed E-state index contributed by atoms with van der Waals surface area (Å²) in [4.78, 5) is 4.03. The molecule has 5 heteroatoms. The number of hydrogen-bond donors (Lipinski definition) is 3. The Morgan fingerprint density at radius 1 is 1.04 bits per heavy atom. The number of thiophene rings is 2. The summed E-state index contributed by atoms with van der Waals surface area (Å²) >= 11 is 3.64. The maximum Gasteiger partial charge on any atom is 0.157 e. The van der Waals surface area contributed by atoms with Gasteiger partial charge in [-0.3, -0.25) is 0 Å². The van der Waals surface area contributed by atoms with Gasteiger partial charge in [0.25, 0.3) is 0 Å². The second-order valence-electron chi connectivity index (χ2n) is 6.51. The minimum absolute atomic E-state index is 0.0132. The monoisotopic (exact) mass is 355 g/mol.